The average Bonchev–Trinajstić information content (AvgIpc) is 2.03. The minimum Gasteiger partial charge on any atom is -0.465 e. The molecule has 0 saturated carbocycles. The topological polar surface area (TPSA) is 72.6 Å². The van der Waals surface area contributed by atoms with E-state index in [1.165, 1.54) is 0 Å². The van der Waals surface area contributed by atoms with Gasteiger partial charge in [0.25, 0.3) is 0 Å². The predicted octanol–water partition coefficient (Wildman–Crippen LogP) is -0.397. The zero-order chi connectivity index (χ0) is 11.1. The van der Waals surface area contributed by atoms with E-state index in [4.69, 9.17) is 10.5 Å². The number of rotatable bonds is 6. The van der Waals surface area contributed by atoms with Crippen molar-refractivity contribution in [2.75, 3.05) is 26.7 Å². The van der Waals surface area contributed by atoms with E-state index in [-0.39, 0.29) is 24.3 Å². The fraction of sp³-hybridized carbons (Fsp3) is 0.778. The van der Waals surface area contributed by atoms with Gasteiger partial charge in [0.05, 0.1) is 13.2 Å². The van der Waals surface area contributed by atoms with Gasteiger partial charge in [-0.15, -0.1) is 0 Å². The van der Waals surface area contributed by atoms with E-state index in [1.54, 1.807) is 25.8 Å². The summed E-state index contributed by atoms with van der Waals surface area (Å²) in [4.78, 5) is 23.5. The van der Waals surface area contributed by atoms with Gasteiger partial charge in [0.2, 0.25) is 5.91 Å². The van der Waals surface area contributed by atoms with Gasteiger partial charge in [0.15, 0.2) is 0 Å². The molecular weight excluding hydrogens is 184 g/mol. The standard InChI is InChI=1S/C9H18N2O3/c1-4-14-8(12)6-11(3)5-7(2)9(10)13/h7H,4-6H2,1-3H3,(H2,10,13). The summed E-state index contributed by atoms with van der Waals surface area (Å²) in [6, 6.07) is 0. The summed E-state index contributed by atoms with van der Waals surface area (Å²) in [6.45, 7) is 4.51. The summed E-state index contributed by atoms with van der Waals surface area (Å²) < 4.78 is 4.76. The molecule has 0 saturated heterocycles. The number of hydrogen-bond donors (Lipinski definition) is 1. The molecular formula is C9H18N2O3. The van der Waals surface area contributed by atoms with Crippen LogP contribution in [0, 0.1) is 5.92 Å². The number of hydrogen-bond acceptors (Lipinski definition) is 4. The largest absolute Gasteiger partial charge is 0.465 e. The first-order valence-corrected chi connectivity index (χ1v) is 4.60. The van der Waals surface area contributed by atoms with Crippen molar-refractivity contribution in [3.05, 3.63) is 0 Å². The van der Waals surface area contributed by atoms with Gasteiger partial charge in [-0.3, -0.25) is 14.5 Å². The first-order chi connectivity index (χ1) is 6.47. The van der Waals surface area contributed by atoms with Crippen LogP contribution in [0.3, 0.4) is 0 Å². The predicted molar refractivity (Wildman–Crippen MR) is 52.5 cm³/mol. The maximum Gasteiger partial charge on any atom is 0.320 e. The number of primary amides is 1. The molecule has 14 heavy (non-hydrogen) atoms. The highest BCUT2D eigenvalue weighted by Crippen LogP contribution is 1.96. The molecule has 0 aromatic rings. The summed E-state index contributed by atoms with van der Waals surface area (Å²) in [5, 5.41) is 0. The Morgan fingerprint density at radius 2 is 2.07 bits per heavy atom. The smallest absolute Gasteiger partial charge is 0.320 e. The molecule has 5 heteroatoms. The fourth-order valence-electron chi connectivity index (χ4n) is 1.05. The van der Waals surface area contributed by atoms with Crippen molar-refractivity contribution >= 4 is 11.9 Å². The van der Waals surface area contributed by atoms with Crippen LogP contribution >= 0.6 is 0 Å². The first-order valence-electron chi connectivity index (χ1n) is 4.60. The summed E-state index contributed by atoms with van der Waals surface area (Å²) in [7, 11) is 1.75. The van der Waals surface area contributed by atoms with Crippen LogP contribution in [0.15, 0.2) is 0 Å². The van der Waals surface area contributed by atoms with Crippen molar-refractivity contribution in [2.45, 2.75) is 13.8 Å². The highest BCUT2D eigenvalue weighted by atomic mass is 16.5. The summed E-state index contributed by atoms with van der Waals surface area (Å²) >= 11 is 0. The molecule has 0 radical (unpaired) electrons. The van der Waals surface area contributed by atoms with E-state index < -0.39 is 0 Å². The molecule has 82 valence electrons. The molecule has 0 spiro atoms. The summed E-state index contributed by atoms with van der Waals surface area (Å²) in [5.74, 6) is -0.901. The molecule has 1 unspecified atom stereocenters. The lowest BCUT2D eigenvalue weighted by Crippen LogP contribution is -2.35. The van der Waals surface area contributed by atoms with Gasteiger partial charge in [0, 0.05) is 12.5 Å². The maximum absolute atomic E-state index is 11.0. The van der Waals surface area contributed by atoms with Gasteiger partial charge in [-0.05, 0) is 14.0 Å². The lowest BCUT2D eigenvalue weighted by Gasteiger charge is -2.18. The van der Waals surface area contributed by atoms with E-state index in [1.807, 2.05) is 0 Å². The second-order valence-corrected chi connectivity index (χ2v) is 3.31. The lowest BCUT2D eigenvalue weighted by molar-refractivity contribution is -0.144. The van der Waals surface area contributed by atoms with Crippen molar-refractivity contribution in [3.63, 3.8) is 0 Å². The monoisotopic (exact) mass is 202 g/mol. The number of carbonyl (C=O) groups is 2. The van der Waals surface area contributed by atoms with Crippen LogP contribution in [0.1, 0.15) is 13.8 Å². The van der Waals surface area contributed by atoms with Gasteiger partial charge in [-0.1, -0.05) is 6.92 Å². The molecule has 0 aliphatic rings. The van der Waals surface area contributed by atoms with Crippen LogP contribution in [0.5, 0.6) is 0 Å². The van der Waals surface area contributed by atoms with Gasteiger partial charge >= 0.3 is 5.97 Å². The lowest BCUT2D eigenvalue weighted by atomic mass is 10.1. The van der Waals surface area contributed by atoms with E-state index in [2.05, 4.69) is 0 Å². The molecule has 1 amide bonds. The Hall–Kier alpha value is -1.10. The normalized spacial score (nSPS) is 12.6. The van der Waals surface area contributed by atoms with Crippen LogP contribution < -0.4 is 5.73 Å². The van der Waals surface area contributed by atoms with Gasteiger partial charge in [-0.25, -0.2) is 0 Å². The van der Waals surface area contributed by atoms with Crippen molar-refractivity contribution in [2.24, 2.45) is 11.7 Å². The van der Waals surface area contributed by atoms with E-state index >= 15 is 0 Å². The Balaban J connectivity index is 3.80. The average molecular weight is 202 g/mol. The van der Waals surface area contributed by atoms with Crippen molar-refractivity contribution in [3.8, 4) is 0 Å². The Morgan fingerprint density at radius 3 is 2.50 bits per heavy atom. The van der Waals surface area contributed by atoms with E-state index in [9.17, 15) is 9.59 Å². The number of ether oxygens (including phenoxy) is 1. The Bertz CT molecular complexity index is 206. The molecule has 0 bridgehead atoms. The number of amides is 1. The highest BCUT2D eigenvalue weighted by molar-refractivity contribution is 5.76. The number of carbonyl (C=O) groups excluding carboxylic acids is 2. The van der Waals surface area contributed by atoms with E-state index in [0.717, 1.165) is 0 Å². The van der Waals surface area contributed by atoms with Crippen LogP contribution in [-0.2, 0) is 14.3 Å². The third-order valence-corrected chi connectivity index (χ3v) is 1.78. The molecule has 0 aromatic heterocycles. The van der Waals surface area contributed by atoms with E-state index in [0.29, 0.717) is 13.2 Å². The molecule has 5 nitrogen and oxygen atoms in total. The molecule has 0 aliphatic heterocycles. The third-order valence-electron chi connectivity index (χ3n) is 1.78. The molecule has 2 N–H and O–H groups in total. The van der Waals surface area contributed by atoms with Crippen molar-refractivity contribution in [1.82, 2.24) is 4.90 Å². The van der Waals surface area contributed by atoms with Crippen LogP contribution in [0.4, 0.5) is 0 Å². The second kappa shape index (κ2) is 6.37. The van der Waals surface area contributed by atoms with Crippen molar-refractivity contribution in [1.29, 1.82) is 0 Å². The number of esters is 1. The Labute approximate surface area is 84.2 Å². The van der Waals surface area contributed by atoms with Gasteiger partial charge in [-0.2, -0.15) is 0 Å². The van der Waals surface area contributed by atoms with Gasteiger partial charge < -0.3 is 10.5 Å². The Morgan fingerprint density at radius 1 is 1.50 bits per heavy atom. The van der Waals surface area contributed by atoms with Crippen LogP contribution in [0.25, 0.3) is 0 Å². The minimum absolute atomic E-state index is 0.186. The SMILES string of the molecule is CCOC(=O)CN(C)CC(C)C(N)=O. The summed E-state index contributed by atoms with van der Waals surface area (Å²) in [5.41, 5.74) is 5.09. The van der Waals surface area contributed by atoms with Crippen LogP contribution in [-0.4, -0.2) is 43.5 Å². The zero-order valence-electron chi connectivity index (χ0n) is 8.95. The molecule has 1 atom stereocenters. The first kappa shape index (κ1) is 12.9. The third kappa shape index (κ3) is 5.53. The maximum atomic E-state index is 11.0. The minimum atomic E-state index is -0.360. The molecule has 0 fully saturated rings. The Kier molecular flexibility index (Phi) is 5.87. The van der Waals surface area contributed by atoms with Crippen LogP contribution in [0.2, 0.25) is 0 Å². The zero-order valence-corrected chi connectivity index (χ0v) is 8.95. The number of nitrogens with zero attached hydrogens (tertiary/aromatic N) is 1. The van der Waals surface area contributed by atoms with Crippen molar-refractivity contribution < 1.29 is 14.3 Å². The molecule has 0 aliphatic carbocycles. The summed E-state index contributed by atoms with van der Waals surface area (Å²) in [6.07, 6.45) is 0. The molecule has 0 heterocycles. The highest BCUT2D eigenvalue weighted by Gasteiger charge is 2.14. The second-order valence-electron chi connectivity index (χ2n) is 3.31. The molecule has 0 rings (SSSR count). The number of nitrogens with two attached hydrogens (primary N) is 1. The van der Waals surface area contributed by atoms with Gasteiger partial charge in [0.1, 0.15) is 0 Å². The fourth-order valence-corrected chi connectivity index (χ4v) is 1.05. The molecule has 0 aromatic carbocycles. The quantitative estimate of drug-likeness (QED) is 0.595. The number of likely N-dealkylation sites (N-methyl/N-ethyl adjacent to an activating group) is 1.